The van der Waals surface area contributed by atoms with E-state index in [0.717, 1.165) is 25.3 Å². The quantitative estimate of drug-likeness (QED) is 0.845. The van der Waals surface area contributed by atoms with Crippen LogP contribution in [0.15, 0.2) is 24.3 Å². The van der Waals surface area contributed by atoms with E-state index in [-0.39, 0.29) is 11.4 Å². The highest BCUT2D eigenvalue weighted by Gasteiger charge is 2.34. The predicted octanol–water partition coefficient (Wildman–Crippen LogP) is 3.57. The van der Waals surface area contributed by atoms with Crippen molar-refractivity contribution in [3.8, 4) is 0 Å². The first-order chi connectivity index (χ1) is 9.19. The Morgan fingerprint density at radius 2 is 2.21 bits per heavy atom. The molecule has 1 fully saturated rings. The van der Waals surface area contributed by atoms with Crippen LogP contribution in [0.3, 0.4) is 0 Å². The minimum atomic E-state index is -0.153. The third-order valence-corrected chi connectivity index (χ3v) is 4.11. The van der Waals surface area contributed by atoms with Crippen molar-refractivity contribution in [3.63, 3.8) is 0 Å². The molecule has 0 bridgehead atoms. The number of hydrogen-bond donors (Lipinski definition) is 1. The van der Waals surface area contributed by atoms with Gasteiger partial charge in [-0.2, -0.15) is 0 Å². The fourth-order valence-corrected chi connectivity index (χ4v) is 3.20. The monoisotopic (exact) mass is 264 g/mol. The highest BCUT2D eigenvalue weighted by molar-refractivity contribution is 5.47. The summed E-state index contributed by atoms with van der Waals surface area (Å²) in [6.07, 6.45) is 4.86. The minimum Gasteiger partial charge on any atom is -0.370 e. The summed E-state index contributed by atoms with van der Waals surface area (Å²) in [4.78, 5) is 2.29. The van der Waals surface area contributed by atoms with E-state index in [1.807, 2.05) is 6.07 Å². The van der Waals surface area contributed by atoms with Gasteiger partial charge in [0.05, 0.1) is 0 Å². The van der Waals surface area contributed by atoms with Gasteiger partial charge in [0.2, 0.25) is 0 Å². The molecule has 0 radical (unpaired) electrons. The molecule has 0 spiro atoms. The van der Waals surface area contributed by atoms with Crippen LogP contribution in [-0.4, -0.2) is 25.2 Å². The summed E-state index contributed by atoms with van der Waals surface area (Å²) < 4.78 is 13.4. The number of nitrogens with zero attached hydrogens (tertiary/aromatic N) is 1. The van der Waals surface area contributed by atoms with Crippen LogP contribution in [0.25, 0.3) is 0 Å². The second-order valence-corrected chi connectivity index (χ2v) is 5.55. The molecule has 1 unspecified atom stereocenters. The van der Waals surface area contributed by atoms with Crippen molar-refractivity contribution in [1.82, 2.24) is 5.32 Å². The molecule has 3 heteroatoms. The van der Waals surface area contributed by atoms with Gasteiger partial charge in [0.25, 0.3) is 0 Å². The number of nitrogens with one attached hydrogen (secondary N) is 1. The lowest BCUT2D eigenvalue weighted by molar-refractivity contribution is 0.345. The molecule has 0 saturated carbocycles. The molecular formula is C16H25FN2. The second-order valence-electron chi connectivity index (χ2n) is 5.55. The Balaban J connectivity index is 2.13. The summed E-state index contributed by atoms with van der Waals surface area (Å²) in [5.41, 5.74) is 1.21. The van der Waals surface area contributed by atoms with Crippen LogP contribution >= 0.6 is 0 Å². The average molecular weight is 264 g/mol. The normalized spacial score (nSPS) is 22.7. The van der Waals surface area contributed by atoms with Gasteiger partial charge in [-0.25, -0.2) is 4.39 Å². The van der Waals surface area contributed by atoms with Gasteiger partial charge >= 0.3 is 0 Å². The Hall–Kier alpha value is -1.09. The Kier molecular flexibility index (Phi) is 4.81. The lowest BCUT2D eigenvalue weighted by atomic mass is 9.91. The highest BCUT2D eigenvalue weighted by atomic mass is 19.1. The molecule has 106 valence electrons. The molecule has 1 aromatic rings. The maximum absolute atomic E-state index is 13.4. The van der Waals surface area contributed by atoms with E-state index in [2.05, 4.69) is 24.1 Å². The smallest absolute Gasteiger partial charge is 0.125 e. The molecular weight excluding hydrogens is 239 g/mol. The predicted molar refractivity (Wildman–Crippen MR) is 79.2 cm³/mol. The van der Waals surface area contributed by atoms with Gasteiger partial charge in [0.15, 0.2) is 0 Å². The van der Waals surface area contributed by atoms with Gasteiger partial charge in [-0.05, 0) is 50.9 Å². The molecule has 1 aliphatic heterocycles. The van der Waals surface area contributed by atoms with E-state index in [1.165, 1.54) is 31.7 Å². The van der Waals surface area contributed by atoms with Crippen molar-refractivity contribution in [2.24, 2.45) is 0 Å². The molecule has 2 rings (SSSR count). The lowest BCUT2D eigenvalue weighted by Crippen LogP contribution is -2.50. The van der Waals surface area contributed by atoms with Gasteiger partial charge in [0.1, 0.15) is 5.82 Å². The fourth-order valence-electron chi connectivity index (χ4n) is 3.20. The summed E-state index contributed by atoms with van der Waals surface area (Å²) in [6, 6.07) is 6.94. The van der Waals surface area contributed by atoms with E-state index < -0.39 is 0 Å². The molecule has 0 aliphatic carbocycles. The Labute approximate surface area is 116 Å². The molecule has 0 aromatic heterocycles. The summed E-state index contributed by atoms with van der Waals surface area (Å²) in [6.45, 7) is 7.37. The summed E-state index contributed by atoms with van der Waals surface area (Å²) >= 11 is 0. The first-order valence-corrected chi connectivity index (χ1v) is 7.44. The summed E-state index contributed by atoms with van der Waals surface area (Å²) in [5, 5.41) is 3.68. The average Bonchev–Trinajstić information content (AvgIpc) is 2.85. The molecule has 2 nitrogen and oxygen atoms in total. The maximum atomic E-state index is 13.4. The number of benzene rings is 1. The van der Waals surface area contributed by atoms with Crippen LogP contribution in [-0.2, 0) is 0 Å². The SMILES string of the molecule is CCCC1(CN(CC)c2cccc(F)c2)CCCN1. The minimum absolute atomic E-state index is 0.153. The standard InChI is InChI=1S/C16H25FN2/c1-3-9-16(10-6-11-18-16)13-19(4-2)15-8-5-7-14(17)12-15/h5,7-8,12,18H,3-4,6,9-11,13H2,1-2H3. The Morgan fingerprint density at radius 1 is 1.37 bits per heavy atom. The first-order valence-electron chi connectivity index (χ1n) is 7.44. The van der Waals surface area contributed by atoms with E-state index in [9.17, 15) is 4.39 Å². The number of hydrogen-bond acceptors (Lipinski definition) is 2. The molecule has 19 heavy (non-hydrogen) atoms. The van der Waals surface area contributed by atoms with Crippen LogP contribution in [0.2, 0.25) is 0 Å². The van der Waals surface area contributed by atoms with Gasteiger partial charge in [-0.1, -0.05) is 19.4 Å². The topological polar surface area (TPSA) is 15.3 Å². The molecule has 1 saturated heterocycles. The molecule has 1 N–H and O–H groups in total. The summed E-state index contributed by atoms with van der Waals surface area (Å²) in [5.74, 6) is -0.153. The van der Waals surface area contributed by atoms with Crippen molar-refractivity contribution in [1.29, 1.82) is 0 Å². The fraction of sp³-hybridized carbons (Fsp3) is 0.625. The molecule has 1 aromatic carbocycles. The maximum Gasteiger partial charge on any atom is 0.125 e. The van der Waals surface area contributed by atoms with E-state index >= 15 is 0 Å². The van der Waals surface area contributed by atoms with Crippen molar-refractivity contribution in [2.45, 2.75) is 45.1 Å². The number of anilines is 1. The van der Waals surface area contributed by atoms with Crippen molar-refractivity contribution in [2.75, 3.05) is 24.5 Å². The van der Waals surface area contributed by atoms with E-state index in [0.29, 0.717) is 0 Å². The van der Waals surface area contributed by atoms with Crippen LogP contribution < -0.4 is 10.2 Å². The molecule has 1 aliphatic rings. The van der Waals surface area contributed by atoms with Gasteiger partial charge in [-0.3, -0.25) is 0 Å². The third kappa shape index (κ3) is 3.47. The third-order valence-electron chi connectivity index (χ3n) is 4.11. The van der Waals surface area contributed by atoms with Crippen molar-refractivity contribution < 1.29 is 4.39 Å². The van der Waals surface area contributed by atoms with Crippen molar-refractivity contribution in [3.05, 3.63) is 30.1 Å². The first kappa shape index (κ1) is 14.3. The highest BCUT2D eigenvalue weighted by Crippen LogP contribution is 2.28. The number of likely N-dealkylation sites (N-methyl/N-ethyl adjacent to an activating group) is 1. The zero-order valence-corrected chi connectivity index (χ0v) is 12.1. The van der Waals surface area contributed by atoms with Crippen LogP contribution in [0.1, 0.15) is 39.5 Å². The van der Waals surface area contributed by atoms with Crippen LogP contribution in [0.5, 0.6) is 0 Å². The van der Waals surface area contributed by atoms with E-state index in [1.54, 1.807) is 12.1 Å². The summed E-state index contributed by atoms with van der Waals surface area (Å²) in [7, 11) is 0. The van der Waals surface area contributed by atoms with Crippen LogP contribution in [0.4, 0.5) is 10.1 Å². The molecule has 0 amide bonds. The van der Waals surface area contributed by atoms with E-state index in [4.69, 9.17) is 0 Å². The van der Waals surface area contributed by atoms with Gasteiger partial charge < -0.3 is 10.2 Å². The Bertz CT molecular complexity index is 399. The zero-order chi connectivity index (χ0) is 13.7. The van der Waals surface area contributed by atoms with Gasteiger partial charge in [-0.15, -0.1) is 0 Å². The second kappa shape index (κ2) is 6.38. The van der Waals surface area contributed by atoms with Crippen molar-refractivity contribution >= 4 is 5.69 Å². The molecule has 1 heterocycles. The lowest BCUT2D eigenvalue weighted by Gasteiger charge is -2.36. The zero-order valence-electron chi connectivity index (χ0n) is 12.1. The number of halogens is 1. The largest absolute Gasteiger partial charge is 0.370 e. The van der Waals surface area contributed by atoms with Gasteiger partial charge in [0, 0.05) is 24.3 Å². The number of rotatable bonds is 6. The Morgan fingerprint density at radius 3 is 2.79 bits per heavy atom. The molecule has 1 atom stereocenters. The van der Waals surface area contributed by atoms with Crippen LogP contribution in [0, 0.1) is 5.82 Å².